The van der Waals surface area contributed by atoms with Crippen LogP contribution in [0.2, 0.25) is 0 Å². The Kier molecular flexibility index (Phi) is 5.31. The molecule has 1 amide bonds. The summed E-state index contributed by atoms with van der Waals surface area (Å²) in [5.74, 6) is 0.149. The maximum Gasteiger partial charge on any atom is 0.243 e. The Bertz CT molecular complexity index is 677. The van der Waals surface area contributed by atoms with Gasteiger partial charge < -0.3 is 10.1 Å². The van der Waals surface area contributed by atoms with Crippen molar-refractivity contribution in [1.82, 2.24) is 4.31 Å². The second-order valence-electron chi connectivity index (χ2n) is 6.01. The van der Waals surface area contributed by atoms with Crippen LogP contribution < -0.4 is 10.1 Å². The Hall–Kier alpha value is -1.60. The third-order valence-electron chi connectivity index (χ3n) is 4.17. The largest absolute Gasteiger partial charge is 0.495 e. The van der Waals surface area contributed by atoms with E-state index in [1.807, 2.05) is 13.8 Å². The van der Waals surface area contributed by atoms with E-state index < -0.39 is 10.0 Å². The summed E-state index contributed by atoms with van der Waals surface area (Å²) in [5.41, 5.74) is 0.360. The molecule has 1 saturated heterocycles. The molecule has 0 bridgehead atoms. The fraction of sp³-hybridized carbons (Fsp3) is 0.562. The highest BCUT2D eigenvalue weighted by molar-refractivity contribution is 7.89. The van der Waals surface area contributed by atoms with E-state index in [-0.39, 0.29) is 22.9 Å². The molecule has 1 fully saturated rings. The number of hydrogen-bond donors (Lipinski definition) is 1. The third-order valence-corrected chi connectivity index (χ3v) is 6.29. The number of ether oxygens (including phenoxy) is 1. The van der Waals surface area contributed by atoms with E-state index in [0.29, 0.717) is 11.4 Å². The summed E-state index contributed by atoms with van der Waals surface area (Å²) in [5, 5.41) is 2.62. The lowest BCUT2D eigenvalue weighted by atomic mass is 10.0. The molecule has 0 aromatic heterocycles. The number of amides is 1. The van der Waals surface area contributed by atoms with Gasteiger partial charge in [0.15, 0.2) is 0 Å². The number of sulfonamides is 1. The highest BCUT2D eigenvalue weighted by Crippen LogP contribution is 2.33. The number of nitrogens with one attached hydrogen (secondary N) is 1. The van der Waals surface area contributed by atoms with Crippen molar-refractivity contribution in [1.29, 1.82) is 0 Å². The van der Waals surface area contributed by atoms with Crippen LogP contribution in [0.3, 0.4) is 0 Å². The highest BCUT2D eigenvalue weighted by Gasteiger charge is 2.35. The number of benzene rings is 1. The van der Waals surface area contributed by atoms with Gasteiger partial charge in [-0.2, -0.15) is 4.31 Å². The summed E-state index contributed by atoms with van der Waals surface area (Å²) >= 11 is 0. The van der Waals surface area contributed by atoms with Crippen molar-refractivity contribution in [3.05, 3.63) is 18.2 Å². The molecular weight excluding hydrogens is 316 g/mol. The zero-order valence-electron chi connectivity index (χ0n) is 14.0. The average Bonchev–Trinajstić information content (AvgIpc) is 2.46. The minimum absolute atomic E-state index is 0.0323. The van der Waals surface area contributed by atoms with Crippen molar-refractivity contribution in [3.63, 3.8) is 0 Å². The number of carbonyl (C=O) groups is 1. The van der Waals surface area contributed by atoms with Gasteiger partial charge in [0, 0.05) is 19.0 Å². The molecule has 0 aliphatic carbocycles. The highest BCUT2D eigenvalue weighted by atomic mass is 32.2. The van der Waals surface area contributed by atoms with E-state index in [1.54, 1.807) is 10.4 Å². The lowest BCUT2D eigenvalue weighted by Gasteiger charge is -2.37. The molecular formula is C16H24N2O4S. The van der Waals surface area contributed by atoms with Crippen LogP contribution in [0.1, 0.15) is 40.0 Å². The van der Waals surface area contributed by atoms with E-state index in [2.05, 4.69) is 5.32 Å². The van der Waals surface area contributed by atoms with Crippen LogP contribution in [0.15, 0.2) is 23.1 Å². The van der Waals surface area contributed by atoms with E-state index in [4.69, 9.17) is 4.74 Å². The molecule has 1 aliphatic heterocycles. The van der Waals surface area contributed by atoms with E-state index in [0.717, 1.165) is 19.3 Å². The molecule has 0 saturated carbocycles. The molecule has 23 heavy (non-hydrogen) atoms. The zero-order valence-corrected chi connectivity index (χ0v) is 14.8. The van der Waals surface area contributed by atoms with Crippen LogP contribution in [0.25, 0.3) is 0 Å². The van der Waals surface area contributed by atoms with Gasteiger partial charge in [-0.25, -0.2) is 8.42 Å². The molecule has 2 atom stereocenters. The fourth-order valence-corrected chi connectivity index (χ4v) is 5.04. The molecule has 0 radical (unpaired) electrons. The first kappa shape index (κ1) is 17.7. The number of piperidine rings is 1. The lowest BCUT2D eigenvalue weighted by Crippen LogP contribution is -2.47. The first-order chi connectivity index (χ1) is 10.8. The van der Waals surface area contributed by atoms with Crippen LogP contribution in [0.5, 0.6) is 5.75 Å². The van der Waals surface area contributed by atoms with Crippen molar-refractivity contribution in [3.8, 4) is 5.75 Å². The van der Waals surface area contributed by atoms with Gasteiger partial charge in [-0.15, -0.1) is 0 Å². The molecule has 1 aromatic rings. The van der Waals surface area contributed by atoms with Gasteiger partial charge in [-0.3, -0.25) is 4.79 Å². The van der Waals surface area contributed by atoms with Crippen LogP contribution >= 0.6 is 0 Å². The predicted octanol–water partition coefficient (Wildman–Crippen LogP) is 2.61. The van der Waals surface area contributed by atoms with Gasteiger partial charge in [0.1, 0.15) is 5.75 Å². The normalized spacial score (nSPS) is 22.6. The maximum absolute atomic E-state index is 13.0. The van der Waals surface area contributed by atoms with Gasteiger partial charge in [-0.1, -0.05) is 6.42 Å². The van der Waals surface area contributed by atoms with Crippen molar-refractivity contribution >= 4 is 21.6 Å². The molecule has 0 spiro atoms. The van der Waals surface area contributed by atoms with Gasteiger partial charge in [0.2, 0.25) is 15.9 Å². The lowest BCUT2D eigenvalue weighted by molar-refractivity contribution is -0.114. The Labute approximate surface area is 137 Å². The summed E-state index contributed by atoms with van der Waals surface area (Å²) in [7, 11) is -2.14. The van der Waals surface area contributed by atoms with Crippen molar-refractivity contribution in [2.45, 2.75) is 57.0 Å². The minimum Gasteiger partial charge on any atom is -0.495 e. The van der Waals surface area contributed by atoms with Crippen LogP contribution in [0, 0.1) is 0 Å². The second kappa shape index (κ2) is 6.88. The van der Waals surface area contributed by atoms with Gasteiger partial charge in [0.25, 0.3) is 0 Å². The molecule has 6 nitrogen and oxygen atoms in total. The summed E-state index contributed by atoms with van der Waals surface area (Å²) in [6.07, 6.45) is 2.75. The Balaban J connectivity index is 2.45. The van der Waals surface area contributed by atoms with Gasteiger partial charge >= 0.3 is 0 Å². The number of hydrogen-bond acceptors (Lipinski definition) is 4. The minimum atomic E-state index is -3.62. The smallest absolute Gasteiger partial charge is 0.243 e. The second-order valence-corrected chi connectivity index (χ2v) is 7.85. The quantitative estimate of drug-likeness (QED) is 0.914. The topological polar surface area (TPSA) is 75.7 Å². The Morgan fingerprint density at radius 1 is 1.26 bits per heavy atom. The molecule has 1 aliphatic rings. The van der Waals surface area contributed by atoms with Crippen molar-refractivity contribution in [2.24, 2.45) is 0 Å². The molecule has 2 unspecified atom stereocenters. The summed E-state index contributed by atoms with van der Waals surface area (Å²) in [6, 6.07) is 4.49. The summed E-state index contributed by atoms with van der Waals surface area (Å²) < 4.78 is 32.8. The molecule has 1 N–H and O–H groups in total. The average molecular weight is 340 g/mol. The van der Waals surface area contributed by atoms with Crippen LogP contribution in [-0.4, -0.2) is 37.8 Å². The number of methoxy groups -OCH3 is 1. The SMILES string of the molecule is COc1ccc(S(=O)(=O)N2C(C)CCCC2C)cc1NC(C)=O. The van der Waals surface area contributed by atoms with Gasteiger partial charge in [0.05, 0.1) is 17.7 Å². The van der Waals surface area contributed by atoms with Crippen molar-refractivity contribution in [2.75, 3.05) is 12.4 Å². The number of carbonyl (C=O) groups excluding carboxylic acids is 1. The van der Waals surface area contributed by atoms with Crippen molar-refractivity contribution < 1.29 is 17.9 Å². The first-order valence-electron chi connectivity index (χ1n) is 7.76. The number of anilines is 1. The monoisotopic (exact) mass is 340 g/mol. The third kappa shape index (κ3) is 3.67. The van der Waals surface area contributed by atoms with Crippen LogP contribution in [0.4, 0.5) is 5.69 Å². The number of rotatable bonds is 4. The zero-order chi connectivity index (χ0) is 17.2. The molecule has 7 heteroatoms. The Morgan fingerprint density at radius 2 is 1.87 bits per heavy atom. The molecule has 128 valence electrons. The summed E-state index contributed by atoms with van der Waals surface area (Å²) in [4.78, 5) is 11.5. The molecule has 1 heterocycles. The maximum atomic E-state index is 13.0. The predicted molar refractivity (Wildman–Crippen MR) is 89.1 cm³/mol. The fourth-order valence-electron chi connectivity index (χ4n) is 3.13. The van der Waals surface area contributed by atoms with Crippen LogP contribution in [-0.2, 0) is 14.8 Å². The van der Waals surface area contributed by atoms with E-state index in [1.165, 1.54) is 26.2 Å². The van der Waals surface area contributed by atoms with E-state index in [9.17, 15) is 13.2 Å². The van der Waals surface area contributed by atoms with E-state index >= 15 is 0 Å². The Morgan fingerprint density at radius 3 is 2.39 bits per heavy atom. The van der Waals surface area contributed by atoms with Gasteiger partial charge in [-0.05, 0) is 44.9 Å². The number of nitrogens with zero attached hydrogens (tertiary/aromatic N) is 1. The first-order valence-corrected chi connectivity index (χ1v) is 9.20. The molecule has 2 rings (SSSR count). The summed E-state index contributed by atoms with van der Waals surface area (Å²) in [6.45, 7) is 5.24. The standard InChI is InChI=1S/C16H24N2O4S/c1-11-6-5-7-12(2)18(11)23(20,21)14-8-9-16(22-4)15(10-14)17-13(3)19/h8-12H,5-7H2,1-4H3,(H,17,19). The molecule has 1 aromatic carbocycles.